The van der Waals surface area contributed by atoms with Crippen LogP contribution >= 0.6 is 0 Å². The van der Waals surface area contributed by atoms with Gasteiger partial charge in [0.2, 0.25) is 0 Å². The van der Waals surface area contributed by atoms with E-state index < -0.39 is 11.9 Å². The number of benzene rings is 1. The molecule has 0 spiro atoms. The lowest BCUT2D eigenvalue weighted by molar-refractivity contribution is -0.00696. The molecule has 1 atom stereocenters. The number of ether oxygens (including phenoxy) is 1. The summed E-state index contributed by atoms with van der Waals surface area (Å²) >= 11 is 0. The number of hydrogen-bond acceptors (Lipinski definition) is 3. The molecular formula is C18H26O4. The molecule has 122 valence electrons. The highest BCUT2D eigenvalue weighted by atomic mass is 16.5. The van der Waals surface area contributed by atoms with Gasteiger partial charge in [0.15, 0.2) is 0 Å². The van der Waals surface area contributed by atoms with E-state index in [9.17, 15) is 14.7 Å². The monoisotopic (exact) mass is 306 g/mol. The molecule has 1 unspecified atom stereocenters. The second-order valence-corrected chi connectivity index (χ2v) is 6.76. The van der Waals surface area contributed by atoms with Crippen molar-refractivity contribution in [2.45, 2.75) is 60.0 Å². The van der Waals surface area contributed by atoms with Crippen molar-refractivity contribution in [1.82, 2.24) is 0 Å². The molecule has 0 amide bonds. The van der Waals surface area contributed by atoms with E-state index >= 15 is 0 Å². The van der Waals surface area contributed by atoms with Crippen LogP contribution in [0.2, 0.25) is 0 Å². The molecule has 22 heavy (non-hydrogen) atoms. The van der Waals surface area contributed by atoms with Crippen LogP contribution in [0.1, 0.15) is 73.2 Å². The van der Waals surface area contributed by atoms with Crippen molar-refractivity contribution < 1.29 is 19.4 Å². The summed E-state index contributed by atoms with van der Waals surface area (Å²) in [5.41, 5.74) is 0.725. The van der Waals surface area contributed by atoms with Crippen molar-refractivity contribution >= 4 is 11.9 Å². The average molecular weight is 306 g/mol. The molecule has 1 aromatic carbocycles. The number of aromatic carboxylic acids is 1. The van der Waals surface area contributed by atoms with Crippen molar-refractivity contribution in [3.63, 3.8) is 0 Å². The Kier molecular flexibility index (Phi) is 6.15. The SMILES string of the molecule is CCCCC(OC(=O)c1ccc(C)cc1C(=O)O)C(C)(C)C. The van der Waals surface area contributed by atoms with Crippen LogP contribution in [0.4, 0.5) is 0 Å². The molecule has 0 radical (unpaired) electrons. The van der Waals surface area contributed by atoms with Crippen molar-refractivity contribution in [2.24, 2.45) is 5.41 Å². The maximum Gasteiger partial charge on any atom is 0.339 e. The first-order valence-electron chi connectivity index (χ1n) is 7.71. The van der Waals surface area contributed by atoms with Gasteiger partial charge in [-0.25, -0.2) is 9.59 Å². The van der Waals surface area contributed by atoms with Gasteiger partial charge in [0.25, 0.3) is 0 Å². The smallest absolute Gasteiger partial charge is 0.339 e. The van der Waals surface area contributed by atoms with Gasteiger partial charge < -0.3 is 9.84 Å². The molecule has 0 aliphatic carbocycles. The summed E-state index contributed by atoms with van der Waals surface area (Å²) in [5.74, 6) is -1.68. The second kappa shape index (κ2) is 7.43. The Morgan fingerprint density at radius 1 is 1.23 bits per heavy atom. The molecule has 4 nitrogen and oxygen atoms in total. The van der Waals surface area contributed by atoms with Crippen LogP contribution in [-0.4, -0.2) is 23.1 Å². The number of carboxylic acid groups (broad SMARTS) is 1. The van der Waals surface area contributed by atoms with Crippen LogP contribution in [0.25, 0.3) is 0 Å². The normalized spacial score (nSPS) is 12.8. The van der Waals surface area contributed by atoms with Crippen LogP contribution in [0.15, 0.2) is 18.2 Å². The van der Waals surface area contributed by atoms with Crippen LogP contribution in [0, 0.1) is 12.3 Å². The molecule has 0 heterocycles. The number of carbonyl (C=O) groups is 2. The van der Waals surface area contributed by atoms with Gasteiger partial charge in [-0.1, -0.05) is 52.2 Å². The van der Waals surface area contributed by atoms with E-state index in [2.05, 4.69) is 6.92 Å². The average Bonchev–Trinajstić information content (AvgIpc) is 2.41. The third-order valence-corrected chi connectivity index (χ3v) is 3.66. The van der Waals surface area contributed by atoms with Gasteiger partial charge in [-0.05, 0) is 30.9 Å². The zero-order valence-electron chi connectivity index (χ0n) is 14.1. The minimum Gasteiger partial charge on any atom is -0.478 e. The maximum atomic E-state index is 12.4. The van der Waals surface area contributed by atoms with Crippen LogP contribution in [-0.2, 0) is 4.74 Å². The lowest BCUT2D eigenvalue weighted by Crippen LogP contribution is -2.32. The third kappa shape index (κ3) is 4.86. The van der Waals surface area contributed by atoms with E-state index in [1.807, 2.05) is 20.8 Å². The number of carbonyl (C=O) groups excluding carboxylic acids is 1. The third-order valence-electron chi connectivity index (χ3n) is 3.66. The quantitative estimate of drug-likeness (QED) is 0.788. The van der Waals surface area contributed by atoms with Gasteiger partial charge in [-0.15, -0.1) is 0 Å². The highest BCUT2D eigenvalue weighted by Gasteiger charge is 2.29. The molecule has 1 aromatic rings. The largest absolute Gasteiger partial charge is 0.478 e. The Morgan fingerprint density at radius 3 is 2.36 bits per heavy atom. The number of rotatable bonds is 6. The lowest BCUT2D eigenvalue weighted by Gasteiger charge is -2.30. The Morgan fingerprint density at radius 2 is 1.86 bits per heavy atom. The molecular weight excluding hydrogens is 280 g/mol. The van der Waals surface area contributed by atoms with Gasteiger partial charge >= 0.3 is 11.9 Å². The highest BCUT2D eigenvalue weighted by molar-refractivity contribution is 6.02. The van der Waals surface area contributed by atoms with Crippen LogP contribution in [0.5, 0.6) is 0 Å². The number of carboxylic acids is 1. The van der Waals surface area contributed by atoms with E-state index in [-0.39, 0.29) is 22.6 Å². The molecule has 1 rings (SSSR count). The second-order valence-electron chi connectivity index (χ2n) is 6.76. The van der Waals surface area contributed by atoms with Crippen molar-refractivity contribution in [2.75, 3.05) is 0 Å². The zero-order chi connectivity index (χ0) is 16.9. The summed E-state index contributed by atoms with van der Waals surface area (Å²) < 4.78 is 5.63. The molecule has 0 aromatic heterocycles. The van der Waals surface area contributed by atoms with E-state index in [1.165, 1.54) is 12.1 Å². The Labute approximate surface area is 132 Å². The maximum absolute atomic E-state index is 12.4. The van der Waals surface area contributed by atoms with Crippen LogP contribution < -0.4 is 0 Å². The summed E-state index contributed by atoms with van der Waals surface area (Å²) in [6.45, 7) is 9.94. The summed E-state index contributed by atoms with van der Waals surface area (Å²) in [4.78, 5) is 23.7. The molecule has 0 saturated carbocycles. The molecule has 4 heteroatoms. The van der Waals surface area contributed by atoms with Gasteiger partial charge in [0.05, 0.1) is 11.1 Å². The fourth-order valence-electron chi connectivity index (χ4n) is 2.26. The molecule has 0 saturated heterocycles. The molecule has 0 bridgehead atoms. The summed E-state index contributed by atoms with van der Waals surface area (Å²) in [6.07, 6.45) is 2.53. The van der Waals surface area contributed by atoms with Crippen LogP contribution in [0.3, 0.4) is 0 Å². The Balaban J connectivity index is 3.02. The standard InChI is InChI=1S/C18H26O4/c1-6-7-8-15(18(3,4)5)22-17(21)13-10-9-12(2)11-14(13)16(19)20/h9-11,15H,6-8H2,1-5H3,(H,19,20). The van der Waals surface area contributed by atoms with E-state index in [1.54, 1.807) is 13.0 Å². The zero-order valence-corrected chi connectivity index (χ0v) is 14.1. The minimum atomic E-state index is -1.11. The van der Waals surface area contributed by atoms with Gasteiger partial charge in [-0.2, -0.15) is 0 Å². The van der Waals surface area contributed by atoms with E-state index in [0.29, 0.717) is 0 Å². The van der Waals surface area contributed by atoms with Gasteiger partial charge in [0.1, 0.15) is 6.10 Å². The summed E-state index contributed by atoms with van der Waals surface area (Å²) in [6, 6.07) is 4.75. The first kappa shape index (κ1) is 18.2. The molecule has 0 aliphatic heterocycles. The predicted octanol–water partition coefficient (Wildman–Crippen LogP) is 4.45. The van der Waals surface area contributed by atoms with Gasteiger partial charge in [-0.3, -0.25) is 0 Å². The summed E-state index contributed by atoms with van der Waals surface area (Å²) in [7, 11) is 0. The Bertz CT molecular complexity index is 541. The first-order chi connectivity index (χ1) is 10.2. The fraction of sp³-hybridized carbons (Fsp3) is 0.556. The van der Waals surface area contributed by atoms with E-state index in [0.717, 1.165) is 24.8 Å². The predicted molar refractivity (Wildman–Crippen MR) is 86.3 cm³/mol. The number of unbranched alkanes of at least 4 members (excludes halogenated alkanes) is 1. The topological polar surface area (TPSA) is 63.6 Å². The van der Waals surface area contributed by atoms with E-state index in [4.69, 9.17) is 4.74 Å². The van der Waals surface area contributed by atoms with Crippen molar-refractivity contribution in [3.8, 4) is 0 Å². The molecule has 0 fully saturated rings. The molecule has 0 aliphatic rings. The first-order valence-corrected chi connectivity index (χ1v) is 7.71. The highest BCUT2D eigenvalue weighted by Crippen LogP contribution is 2.28. The molecule has 1 N–H and O–H groups in total. The van der Waals surface area contributed by atoms with Gasteiger partial charge in [0, 0.05) is 0 Å². The van der Waals surface area contributed by atoms with Crippen molar-refractivity contribution in [1.29, 1.82) is 0 Å². The number of hydrogen-bond donors (Lipinski definition) is 1. The lowest BCUT2D eigenvalue weighted by atomic mass is 9.86. The number of aryl methyl sites for hydroxylation is 1. The number of esters is 1. The van der Waals surface area contributed by atoms with Crippen molar-refractivity contribution in [3.05, 3.63) is 34.9 Å². The fourth-order valence-corrected chi connectivity index (χ4v) is 2.26. The Hall–Kier alpha value is -1.84. The minimum absolute atomic E-state index is 0.00634. The summed E-state index contributed by atoms with van der Waals surface area (Å²) in [5, 5.41) is 9.27.